The second-order valence-electron chi connectivity index (χ2n) is 16.0. The number of benzene rings is 9. The average molecular weight is 779 g/mol. The number of furan rings is 1. The average Bonchev–Trinajstić information content (AvgIpc) is 3.85. The van der Waals surface area contributed by atoms with Crippen LogP contribution in [0.3, 0.4) is 0 Å². The number of ether oxygens (including phenoxy) is 1. The standard InChI is InChI=1S/C57H34N2O2/c1-2-16-36(17-3-1)56-58-53(55-54(59-56)44-23-8-11-26-49(44)61-55)42-22-7-6-20-40(42)39-19-14-18-37(33-39)38-29-31-43-48(34-38)57(47-32-30-35-15-4-5-21-41(35)52(43)47)45-24-9-12-27-50(45)60-51-28-13-10-25-46(51)57/h1-34H. The third-order valence-corrected chi connectivity index (χ3v) is 12.8. The molecule has 0 fully saturated rings. The zero-order valence-electron chi connectivity index (χ0n) is 32.8. The molecule has 2 aromatic heterocycles. The molecule has 61 heavy (non-hydrogen) atoms. The van der Waals surface area contributed by atoms with E-state index in [9.17, 15) is 0 Å². The van der Waals surface area contributed by atoms with Gasteiger partial charge >= 0.3 is 0 Å². The van der Waals surface area contributed by atoms with E-state index in [-0.39, 0.29) is 0 Å². The van der Waals surface area contributed by atoms with Crippen molar-refractivity contribution in [1.82, 2.24) is 9.97 Å². The molecule has 4 nitrogen and oxygen atoms in total. The van der Waals surface area contributed by atoms with Crippen molar-refractivity contribution >= 4 is 32.8 Å². The first-order valence-electron chi connectivity index (χ1n) is 20.7. The van der Waals surface area contributed by atoms with Gasteiger partial charge < -0.3 is 9.15 Å². The minimum atomic E-state index is -0.582. The highest BCUT2D eigenvalue weighted by Crippen LogP contribution is 2.63. The molecule has 0 radical (unpaired) electrons. The minimum absolute atomic E-state index is 0.582. The van der Waals surface area contributed by atoms with Gasteiger partial charge in [-0.15, -0.1) is 0 Å². The topological polar surface area (TPSA) is 48.2 Å². The van der Waals surface area contributed by atoms with Crippen molar-refractivity contribution < 1.29 is 9.15 Å². The first-order chi connectivity index (χ1) is 30.2. The molecule has 11 aromatic rings. The van der Waals surface area contributed by atoms with Gasteiger partial charge in [0.15, 0.2) is 11.4 Å². The van der Waals surface area contributed by atoms with E-state index in [2.05, 4.69) is 170 Å². The van der Waals surface area contributed by atoms with Gasteiger partial charge in [0.2, 0.25) is 0 Å². The Bertz CT molecular complexity index is 3540. The van der Waals surface area contributed by atoms with Gasteiger partial charge in [-0.25, -0.2) is 9.97 Å². The molecule has 13 rings (SSSR count). The third kappa shape index (κ3) is 4.87. The number of hydrogen-bond acceptors (Lipinski definition) is 4. The third-order valence-electron chi connectivity index (χ3n) is 12.8. The van der Waals surface area contributed by atoms with Crippen molar-refractivity contribution in [3.8, 4) is 67.5 Å². The molecule has 0 atom stereocenters. The minimum Gasteiger partial charge on any atom is -0.457 e. The van der Waals surface area contributed by atoms with Crippen LogP contribution in [0.4, 0.5) is 0 Å². The summed E-state index contributed by atoms with van der Waals surface area (Å²) in [4.78, 5) is 10.3. The summed E-state index contributed by atoms with van der Waals surface area (Å²) in [6.45, 7) is 0. The molecular weight excluding hydrogens is 745 g/mol. The fraction of sp³-hybridized carbons (Fsp3) is 0.0175. The van der Waals surface area contributed by atoms with Crippen LogP contribution in [0.25, 0.3) is 88.9 Å². The van der Waals surface area contributed by atoms with Crippen molar-refractivity contribution in [2.24, 2.45) is 0 Å². The van der Waals surface area contributed by atoms with Crippen molar-refractivity contribution in [2.75, 3.05) is 0 Å². The van der Waals surface area contributed by atoms with E-state index in [1.807, 2.05) is 36.4 Å². The molecule has 3 heterocycles. The number of aromatic nitrogens is 2. The summed E-state index contributed by atoms with van der Waals surface area (Å²) in [7, 11) is 0. The normalized spacial score (nSPS) is 13.2. The van der Waals surface area contributed by atoms with Crippen LogP contribution in [0.2, 0.25) is 0 Å². The van der Waals surface area contributed by atoms with Gasteiger partial charge in [-0.1, -0.05) is 170 Å². The Labute approximate surface area is 352 Å². The van der Waals surface area contributed by atoms with Crippen molar-refractivity contribution in [2.45, 2.75) is 5.41 Å². The van der Waals surface area contributed by atoms with E-state index in [0.717, 1.165) is 78.2 Å². The summed E-state index contributed by atoms with van der Waals surface area (Å²) in [5.41, 5.74) is 16.2. The maximum absolute atomic E-state index is 6.67. The lowest BCUT2D eigenvalue weighted by Gasteiger charge is -2.39. The molecule has 0 bridgehead atoms. The molecule has 0 saturated heterocycles. The van der Waals surface area contributed by atoms with E-state index in [1.54, 1.807) is 0 Å². The summed E-state index contributed by atoms with van der Waals surface area (Å²) in [5.74, 6) is 2.43. The van der Waals surface area contributed by atoms with Crippen molar-refractivity contribution in [1.29, 1.82) is 0 Å². The highest BCUT2D eigenvalue weighted by Gasteiger charge is 2.51. The Morgan fingerprint density at radius 3 is 1.89 bits per heavy atom. The number of para-hydroxylation sites is 3. The van der Waals surface area contributed by atoms with E-state index < -0.39 is 5.41 Å². The van der Waals surface area contributed by atoms with Crippen molar-refractivity contribution in [3.05, 3.63) is 229 Å². The molecule has 284 valence electrons. The quantitative estimate of drug-likeness (QED) is 0.179. The molecule has 9 aromatic carbocycles. The number of rotatable bonds is 4. The van der Waals surface area contributed by atoms with Crippen LogP contribution in [0, 0.1) is 0 Å². The van der Waals surface area contributed by atoms with Crippen LogP contribution < -0.4 is 4.74 Å². The second-order valence-corrected chi connectivity index (χ2v) is 16.0. The first-order valence-corrected chi connectivity index (χ1v) is 20.7. The van der Waals surface area contributed by atoms with Gasteiger partial charge in [-0.2, -0.15) is 0 Å². The van der Waals surface area contributed by atoms with E-state index >= 15 is 0 Å². The molecule has 1 aliphatic heterocycles. The predicted octanol–water partition coefficient (Wildman–Crippen LogP) is 14.7. The Balaban J connectivity index is 1.02. The molecule has 1 aliphatic carbocycles. The van der Waals surface area contributed by atoms with Crippen LogP contribution in [0.5, 0.6) is 11.5 Å². The van der Waals surface area contributed by atoms with Crippen LogP contribution in [-0.4, -0.2) is 9.97 Å². The Hall–Kier alpha value is -8.08. The highest BCUT2D eigenvalue weighted by atomic mass is 16.5. The molecule has 0 N–H and O–H groups in total. The van der Waals surface area contributed by atoms with Gasteiger partial charge in [0.1, 0.15) is 28.3 Å². The van der Waals surface area contributed by atoms with Crippen LogP contribution in [-0.2, 0) is 5.41 Å². The summed E-state index contributed by atoms with van der Waals surface area (Å²) in [6, 6.07) is 73.3. The highest BCUT2D eigenvalue weighted by molar-refractivity contribution is 6.09. The van der Waals surface area contributed by atoms with Gasteiger partial charge in [0.05, 0.1) is 5.41 Å². The summed E-state index contributed by atoms with van der Waals surface area (Å²) < 4.78 is 13.2. The molecule has 0 unspecified atom stereocenters. The molecule has 2 aliphatic rings. The summed E-state index contributed by atoms with van der Waals surface area (Å²) in [6.07, 6.45) is 0. The van der Waals surface area contributed by atoms with E-state index in [4.69, 9.17) is 19.1 Å². The Morgan fingerprint density at radius 2 is 1.05 bits per heavy atom. The van der Waals surface area contributed by atoms with E-state index in [0.29, 0.717) is 11.4 Å². The lowest BCUT2D eigenvalue weighted by atomic mass is 9.66. The second kappa shape index (κ2) is 13.0. The van der Waals surface area contributed by atoms with Gasteiger partial charge in [0, 0.05) is 27.6 Å². The Kier molecular flexibility index (Phi) is 7.19. The number of nitrogens with zero attached hydrogens (tertiary/aromatic N) is 2. The molecular formula is C57H34N2O2. The number of hydrogen-bond donors (Lipinski definition) is 0. The largest absolute Gasteiger partial charge is 0.457 e. The van der Waals surface area contributed by atoms with Gasteiger partial charge in [-0.05, 0) is 91.7 Å². The van der Waals surface area contributed by atoms with Crippen molar-refractivity contribution in [3.63, 3.8) is 0 Å². The van der Waals surface area contributed by atoms with Gasteiger partial charge in [-0.3, -0.25) is 0 Å². The summed E-state index contributed by atoms with van der Waals surface area (Å²) in [5, 5.41) is 3.45. The lowest BCUT2D eigenvalue weighted by Crippen LogP contribution is -2.32. The maximum atomic E-state index is 6.67. The summed E-state index contributed by atoms with van der Waals surface area (Å²) >= 11 is 0. The monoisotopic (exact) mass is 778 g/mol. The van der Waals surface area contributed by atoms with E-state index in [1.165, 1.54) is 33.0 Å². The van der Waals surface area contributed by atoms with Gasteiger partial charge in [0.25, 0.3) is 0 Å². The molecule has 4 heteroatoms. The predicted molar refractivity (Wildman–Crippen MR) is 246 cm³/mol. The smallest absolute Gasteiger partial charge is 0.180 e. The Morgan fingerprint density at radius 1 is 0.393 bits per heavy atom. The number of fused-ring (bicyclic) bond motifs is 14. The maximum Gasteiger partial charge on any atom is 0.180 e. The fourth-order valence-electron chi connectivity index (χ4n) is 10.1. The zero-order valence-corrected chi connectivity index (χ0v) is 32.8. The first kappa shape index (κ1) is 33.8. The molecule has 1 spiro atoms. The molecule has 0 saturated carbocycles. The fourth-order valence-corrected chi connectivity index (χ4v) is 10.1. The SMILES string of the molecule is c1ccc(-c2nc(-c3ccccc3-c3cccc(-c4ccc5c(c4)C4(c6ccccc6Oc6ccccc64)c4ccc6ccccc6c4-5)c3)c3oc4ccccc4c3n2)cc1. The van der Waals surface area contributed by atoms with Crippen LogP contribution in [0.1, 0.15) is 22.3 Å². The molecule has 0 amide bonds. The zero-order chi connectivity index (χ0) is 40.1. The van der Waals surface area contributed by atoms with Crippen LogP contribution in [0.15, 0.2) is 211 Å². The van der Waals surface area contributed by atoms with Crippen LogP contribution >= 0.6 is 0 Å². The lowest BCUT2D eigenvalue weighted by molar-refractivity contribution is 0.436.